The molecule has 4 fully saturated rings. The van der Waals surface area contributed by atoms with E-state index in [4.69, 9.17) is 15.5 Å². The Morgan fingerprint density at radius 3 is 2.37 bits per heavy atom. The second-order valence-electron chi connectivity index (χ2n) is 17.4. The number of benzene rings is 1. The van der Waals surface area contributed by atoms with E-state index in [1.54, 1.807) is 7.11 Å². The molecule has 254 valence electrons. The molecule has 3 N–H and O–H groups in total. The van der Waals surface area contributed by atoms with Crippen molar-refractivity contribution in [2.24, 2.45) is 62.4 Å². The summed E-state index contributed by atoms with van der Waals surface area (Å²) in [6.45, 7) is 21.6. The monoisotopic (exact) mass is 630 g/mol. The molecule has 0 radical (unpaired) electrons. The standard InChI is InChI=1S/C41H62N2O3/c1-27(2)30-16-21-41(36(44)43-25-9-24-42)23-22-39(6)32(35(30)41)14-15-34-38(5)19-17-31(29-12-10-28(11-13-29)26-46-45-8)37(3,4)33(38)18-20-40(34,39)7/h10-13,17,30,32-35H,1,9,14-16,18-26,42H2,2-8H3,(H,43,44)/t30-,32+,33-,34+,35+,38-,39+,40+,41-/m0/s1. The lowest BCUT2D eigenvalue weighted by Gasteiger charge is -2.72. The normalized spacial score (nSPS) is 41.0. The van der Waals surface area contributed by atoms with Crippen LogP contribution in [0, 0.1) is 56.7 Å². The van der Waals surface area contributed by atoms with Gasteiger partial charge in [-0.05, 0) is 146 Å². The van der Waals surface area contributed by atoms with Gasteiger partial charge in [0.1, 0.15) is 6.61 Å². The number of nitrogens with two attached hydrogens (primary N) is 1. The van der Waals surface area contributed by atoms with Gasteiger partial charge in [0, 0.05) is 6.54 Å². The molecule has 0 saturated heterocycles. The van der Waals surface area contributed by atoms with Crippen LogP contribution >= 0.6 is 0 Å². The lowest BCUT2D eigenvalue weighted by Crippen LogP contribution is -2.66. The van der Waals surface area contributed by atoms with Crippen LogP contribution in [0.15, 0.2) is 42.5 Å². The van der Waals surface area contributed by atoms with Crippen molar-refractivity contribution in [2.75, 3.05) is 20.2 Å². The number of carbonyl (C=O) groups is 1. The van der Waals surface area contributed by atoms with E-state index in [1.807, 2.05) is 0 Å². The van der Waals surface area contributed by atoms with E-state index in [0.717, 1.165) is 37.7 Å². The molecule has 0 spiro atoms. The van der Waals surface area contributed by atoms with Crippen molar-refractivity contribution >= 4 is 11.5 Å². The molecular weight excluding hydrogens is 568 g/mol. The smallest absolute Gasteiger partial charge is 0.226 e. The molecule has 46 heavy (non-hydrogen) atoms. The van der Waals surface area contributed by atoms with Gasteiger partial charge < -0.3 is 11.1 Å². The molecule has 1 aromatic rings. The summed E-state index contributed by atoms with van der Waals surface area (Å²) in [4.78, 5) is 24.1. The second-order valence-corrected chi connectivity index (χ2v) is 17.4. The van der Waals surface area contributed by atoms with E-state index < -0.39 is 0 Å². The molecule has 5 heteroatoms. The largest absolute Gasteiger partial charge is 0.356 e. The number of nitrogens with one attached hydrogen (secondary N) is 1. The van der Waals surface area contributed by atoms with Gasteiger partial charge in [-0.3, -0.25) is 4.79 Å². The maximum atomic E-state index is 14.1. The molecular formula is C41H62N2O3. The highest BCUT2D eigenvalue weighted by atomic mass is 17.2. The number of amides is 1. The summed E-state index contributed by atoms with van der Waals surface area (Å²) in [6, 6.07) is 8.93. The molecule has 5 aliphatic carbocycles. The first kappa shape index (κ1) is 33.9. The van der Waals surface area contributed by atoms with Crippen molar-refractivity contribution in [3.05, 3.63) is 53.6 Å². The van der Waals surface area contributed by atoms with Gasteiger partial charge in [-0.25, -0.2) is 9.78 Å². The van der Waals surface area contributed by atoms with E-state index in [-0.39, 0.29) is 27.1 Å². The van der Waals surface area contributed by atoms with Crippen LogP contribution < -0.4 is 11.1 Å². The summed E-state index contributed by atoms with van der Waals surface area (Å²) < 4.78 is 0. The maximum Gasteiger partial charge on any atom is 0.226 e. The van der Waals surface area contributed by atoms with Crippen molar-refractivity contribution in [1.29, 1.82) is 0 Å². The minimum Gasteiger partial charge on any atom is -0.356 e. The highest BCUT2D eigenvalue weighted by molar-refractivity contribution is 5.84. The molecule has 4 saturated carbocycles. The van der Waals surface area contributed by atoms with Gasteiger partial charge in [0.25, 0.3) is 0 Å². The molecule has 1 aromatic carbocycles. The number of hydrogen-bond acceptors (Lipinski definition) is 4. The number of allylic oxidation sites excluding steroid dienone is 3. The lowest BCUT2D eigenvalue weighted by atomic mass is 9.32. The molecule has 0 aliphatic heterocycles. The fourth-order valence-corrected chi connectivity index (χ4v) is 13.0. The third-order valence-corrected chi connectivity index (χ3v) is 15.4. The summed E-state index contributed by atoms with van der Waals surface area (Å²) in [5, 5.41) is 3.36. The van der Waals surface area contributed by atoms with Crippen LogP contribution in [0.5, 0.6) is 0 Å². The molecule has 0 aromatic heterocycles. The second kappa shape index (κ2) is 12.2. The predicted octanol–water partition coefficient (Wildman–Crippen LogP) is 8.88. The topological polar surface area (TPSA) is 73.6 Å². The van der Waals surface area contributed by atoms with Gasteiger partial charge in [-0.2, -0.15) is 0 Å². The van der Waals surface area contributed by atoms with Gasteiger partial charge in [0.2, 0.25) is 5.91 Å². The summed E-state index contributed by atoms with van der Waals surface area (Å²) >= 11 is 0. The van der Waals surface area contributed by atoms with Crippen molar-refractivity contribution < 1.29 is 14.6 Å². The maximum absolute atomic E-state index is 14.1. The van der Waals surface area contributed by atoms with Crippen LogP contribution in [0.2, 0.25) is 0 Å². The van der Waals surface area contributed by atoms with Crippen LogP contribution in [-0.4, -0.2) is 26.1 Å². The Balaban J connectivity index is 1.31. The van der Waals surface area contributed by atoms with Gasteiger partial charge in [0.15, 0.2) is 0 Å². The Hall–Kier alpha value is -1.95. The van der Waals surface area contributed by atoms with Crippen LogP contribution in [-0.2, 0) is 21.2 Å². The average Bonchev–Trinajstić information content (AvgIpc) is 3.42. The van der Waals surface area contributed by atoms with Gasteiger partial charge in [-0.15, -0.1) is 0 Å². The van der Waals surface area contributed by atoms with Crippen LogP contribution in [0.3, 0.4) is 0 Å². The summed E-state index contributed by atoms with van der Waals surface area (Å²) in [5.41, 5.74) is 11.7. The van der Waals surface area contributed by atoms with Gasteiger partial charge in [-0.1, -0.05) is 77.1 Å². The zero-order valence-corrected chi connectivity index (χ0v) is 30.0. The zero-order valence-electron chi connectivity index (χ0n) is 30.0. The zero-order chi connectivity index (χ0) is 33.1. The minimum atomic E-state index is -0.248. The third-order valence-electron chi connectivity index (χ3n) is 15.4. The molecule has 5 nitrogen and oxygen atoms in total. The fraction of sp³-hybridized carbons (Fsp3) is 0.732. The Labute approximate surface area is 279 Å². The molecule has 0 heterocycles. The Morgan fingerprint density at radius 1 is 0.957 bits per heavy atom. The van der Waals surface area contributed by atoms with Crippen molar-refractivity contribution in [1.82, 2.24) is 5.32 Å². The first-order valence-corrected chi connectivity index (χ1v) is 18.4. The summed E-state index contributed by atoms with van der Waals surface area (Å²) in [7, 11) is 1.56. The van der Waals surface area contributed by atoms with Crippen LogP contribution in [0.1, 0.15) is 117 Å². The number of rotatable bonds is 9. The van der Waals surface area contributed by atoms with Crippen molar-refractivity contribution in [3.8, 4) is 0 Å². The highest BCUT2D eigenvalue weighted by Gasteiger charge is 2.71. The minimum absolute atomic E-state index is 0.0937. The van der Waals surface area contributed by atoms with E-state index >= 15 is 0 Å². The molecule has 1 amide bonds. The van der Waals surface area contributed by atoms with Crippen LogP contribution in [0.25, 0.3) is 5.57 Å². The Kier molecular flexibility index (Phi) is 8.99. The number of fused-ring (bicyclic) bond motifs is 7. The quantitative estimate of drug-likeness (QED) is 0.124. The van der Waals surface area contributed by atoms with E-state index in [9.17, 15) is 4.79 Å². The summed E-state index contributed by atoms with van der Waals surface area (Å²) in [5.74, 6) is 3.04. The molecule has 0 unspecified atom stereocenters. The van der Waals surface area contributed by atoms with E-state index in [1.165, 1.54) is 48.8 Å². The highest BCUT2D eigenvalue weighted by Crippen LogP contribution is 2.77. The number of carbonyl (C=O) groups excluding carboxylic acids is 1. The SMILES string of the molecule is C=C(C)[C@@H]1CC[C@]2(C(=O)NCCCN)CC[C@]3(C)[C@H](CC[C@@H]4[C@@]5(C)CC=C(c6ccc(COOC)cc6)C(C)(C)[C@@H]5CC[C@]43C)[C@@H]12. The first-order valence-electron chi connectivity index (χ1n) is 18.4. The van der Waals surface area contributed by atoms with E-state index in [2.05, 4.69) is 83.8 Å². The fourth-order valence-electron chi connectivity index (χ4n) is 13.0. The third kappa shape index (κ3) is 4.92. The predicted molar refractivity (Wildman–Crippen MR) is 187 cm³/mol. The molecule has 5 aliphatic rings. The van der Waals surface area contributed by atoms with E-state index in [0.29, 0.717) is 55.2 Å². The van der Waals surface area contributed by atoms with Gasteiger partial charge >= 0.3 is 0 Å². The summed E-state index contributed by atoms with van der Waals surface area (Å²) in [6.07, 6.45) is 14.0. The van der Waals surface area contributed by atoms with Crippen molar-refractivity contribution in [3.63, 3.8) is 0 Å². The Bertz CT molecular complexity index is 1350. The average molecular weight is 631 g/mol. The van der Waals surface area contributed by atoms with Crippen molar-refractivity contribution in [2.45, 2.75) is 112 Å². The molecule has 6 rings (SSSR count). The first-order chi connectivity index (χ1) is 21.8. The van der Waals surface area contributed by atoms with Crippen LogP contribution in [0.4, 0.5) is 0 Å². The molecule has 9 atom stereocenters. The Morgan fingerprint density at radius 2 is 1.70 bits per heavy atom. The lowest BCUT2D eigenvalue weighted by molar-refractivity contribution is -0.282. The molecule has 0 bridgehead atoms. The van der Waals surface area contributed by atoms with Gasteiger partial charge in [0.05, 0.1) is 12.5 Å². The number of hydrogen-bond donors (Lipinski definition) is 2.